The molecular weight excluding hydrogens is 1100 g/mol. The van der Waals surface area contributed by atoms with Gasteiger partial charge in [-0.3, -0.25) is 9.59 Å². The van der Waals surface area contributed by atoms with Crippen molar-refractivity contribution in [1.29, 1.82) is 0 Å². The van der Waals surface area contributed by atoms with Gasteiger partial charge in [0.05, 0.1) is 38.6 Å². The fraction of sp³-hybridized carbons (Fsp3) is 0.968. The number of carbonyl (C=O) groups excluding carboxylic acids is 2. The molecule has 0 unspecified atom stereocenters. The summed E-state index contributed by atoms with van der Waals surface area (Å²) in [4.78, 5) is 26.2. The van der Waals surface area contributed by atoms with Gasteiger partial charge < -0.3 is 100 Å². The van der Waals surface area contributed by atoms with Gasteiger partial charge in [-0.1, -0.05) is 226 Å². The fourth-order valence-electron chi connectivity index (χ4n) is 11.8. The Hall–Kier alpha value is -1.78. The summed E-state index contributed by atoms with van der Waals surface area (Å²) >= 11 is 0. The molecule has 19 atom stereocenters. The molecule has 3 aliphatic rings. The summed E-state index contributed by atoms with van der Waals surface area (Å²) < 4.78 is 36.0. The number of hydrogen-bond acceptors (Lipinski definition) is 20. The molecule has 502 valence electrons. The molecule has 3 aliphatic heterocycles. The average Bonchev–Trinajstić information content (AvgIpc) is 1.73. The summed E-state index contributed by atoms with van der Waals surface area (Å²) in [5.74, 6) is -1.56. The number of unbranched alkanes of at least 4 members (excludes halogenated alkanes) is 31. The third-order valence-corrected chi connectivity index (χ3v) is 17.3. The van der Waals surface area contributed by atoms with Crippen molar-refractivity contribution in [2.75, 3.05) is 26.4 Å². The number of amides is 2. The van der Waals surface area contributed by atoms with Crippen LogP contribution in [0, 0.1) is 0 Å². The number of nitrogens with one attached hydrogen (secondary N) is 2. The van der Waals surface area contributed by atoms with Gasteiger partial charge in [0.1, 0.15) is 85.4 Å². The van der Waals surface area contributed by atoms with E-state index in [1.807, 2.05) is 0 Å². The molecule has 22 nitrogen and oxygen atoms in total. The first-order valence-electron chi connectivity index (χ1n) is 33.5. The van der Waals surface area contributed by atoms with Gasteiger partial charge in [0.2, 0.25) is 11.8 Å². The van der Waals surface area contributed by atoms with E-state index in [4.69, 9.17) is 28.4 Å². The van der Waals surface area contributed by atoms with E-state index in [0.717, 1.165) is 64.7 Å². The molecule has 0 bridgehead atoms. The van der Waals surface area contributed by atoms with Crippen LogP contribution in [0.1, 0.15) is 245 Å². The minimum absolute atomic E-state index is 0.122. The lowest BCUT2D eigenvalue weighted by Crippen LogP contribution is -2.69. The quantitative estimate of drug-likeness (QED) is 0.0362. The third-order valence-electron chi connectivity index (χ3n) is 17.3. The van der Waals surface area contributed by atoms with E-state index in [9.17, 15) is 70.9 Å². The number of rotatable bonds is 50. The summed E-state index contributed by atoms with van der Waals surface area (Å²) in [6.07, 6.45) is 9.20. The van der Waals surface area contributed by atoms with E-state index in [1.165, 1.54) is 141 Å². The topological polar surface area (TPSA) is 356 Å². The fourth-order valence-corrected chi connectivity index (χ4v) is 11.8. The molecule has 0 aliphatic carbocycles. The predicted octanol–water partition coefficient (Wildman–Crippen LogP) is 4.86. The van der Waals surface area contributed by atoms with E-state index >= 15 is 0 Å². The molecule has 0 radical (unpaired) electrons. The number of carbonyl (C=O) groups is 2. The van der Waals surface area contributed by atoms with Gasteiger partial charge in [0.15, 0.2) is 18.9 Å². The largest absolute Gasteiger partial charge is 0.394 e. The highest BCUT2D eigenvalue weighted by atomic mass is 16.8. The zero-order chi connectivity index (χ0) is 62.4. The Labute approximate surface area is 508 Å². The molecule has 3 heterocycles. The zero-order valence-corrected chi connectivity index (χ0v) is 52.2. The number of ether oxygens (including phenoxy) is 6. The van der Waals surface area contributed by atoms with Crippen molar-refractivity contribution in [3.8, 4) is 0 Å². The van der Waals surface area contributed by atoms with Crippen molar-refractivity contribution in [3.63, 3.8) is 0 Å². The molecule has 85 heavy (non-hydrogen) atoms. The Morgan fingerprint density at radius 2 is 0.800 bits per heavy atom. The van der Waals surface area contributed by atoms with Crippen molar-refractivity contribution in [1.82, 2.24) is 10.6 Å². The molecule has 3 fully saturated rings. The van der Waals surface area contributed by atoms with Crippen molar-refractivity contribution >= 4 is 11.8 Å². The molecule has 0 aromatic heterocycles. The van der Waals surface area contributed by atoms with E-state index < -0.39 is 155 Å². The van der Waals surface area contributed by atoms with Crippen LogP contribution in [-0.2, 0) is 38.0 Å². The summed E-state index contributed by atoms with van der Waals surface area (Å²) in [7, 11) is 0. The lowest BCUT2D eigenvalue weighted by atomic mass is 9.95. The molecule has 0 aromatic rings. The van der Waals surface area contributed by atoms with Crippen LogP contribution in [0.3, 0.4) is 0 Å². The molecule has 14 N–H and O–H groups in total. The second kappa shape index (κ2) is 46.3. The molecular formula is C63H120N2O20. The van der Waals surface area contributed by atoms with Gasteiger partial charge in [-0.15, -0.1) is 0 Å². The van der Waals surface area contributed by atoms with Crippen LogP contribution in [0.25, 0.3) is 0 Å². The zero-order valence-electron chi connectivity index (χ0n) is 52.2. The molecule has 0 saturated carbocycles. The Morgan fingerprint density at radius 1 is 0.435 bits per heavy atom. The van der Waals surface area contributed by atoms with Gasteiger partial charge in [-0.25, -0.2) is 0 Å². The van der Waals surface area contributed by atoms with Gasteiger partial charge in [0.25, 0.3) is 0 Å². The highest BCUT2D eigenvalue weighted by molar-refractivity contribution is 5.80. The number of aliphatic hydroxyl groups excluding tert-OH is 12. The van der Waals surface area contributed by atoms with Crippen molar-refractivity contribution in [3.05, 3.63) is 0 Å². The van der Waals surface area contributed by atoms with Gasteiger partial charge in [-0.2, -0.15) is 0 Å². The van der Waals surface area contributed by atoms with E-state index in [0.29, 0.717) is 12.8 Å². The first-order valence-corrected chi connectivity index (χ1v) is 33.5. The van der Waals surface area contributed by atoms with Crippen LogP contribution in [0.2, 0.25) is 0 Å². The number of aliphatic hydroxyl groups is 12. The summed E-state index contributed by atoms with van der Waals surface area (Å²) in [6.45, 7) is 2.27. The lowest BCUT2D eigenvalue weighted by Gasteiger charge is -2.49. The van der Waals surface area contributed by atoms with Crippen LogP contribution >= 0.6 is 0 Å². The second-order valence-corrected chi connectivity index (χ2v) is 24.6. The van der Waals surface area contributed by atoms with Gasteiger partial charge in [0, 0.05) is 6.92 Å². The Bertz CT molecular complexity index is 1660. The van der Waals surface area contributed by atoms with E-state index in [1.54, 1.807) is 0 Å². The van der Waals surface area contributed by atoms with Crippen LogP contribution in [0.15, 0.2) is 0 Å². The molecule has 2 amide bonds. The summed E-state index contributed by atoms with van der Waals surface area (Å²) in [5, 5.41) is 136. The summed E-state index contributed by atoms with van der Waals surface area (Å²) in [5.41, 5.74) is 0. The minimum Gasteiger partial charge on any atom is -0.394 e. The monoisotopic (exact) mass is 1220 g/mol. The van der Waals surface area contributed by atoms with Crippen LogP contribution in [0.4, 0.5) is 0 Å². The molecule has 0 spiro atoms. The smallest absolute Gasteiger partial charge is 0.249 e. The molecule has 3 rings (SSSR count). The second-order valence-electron chi connectivity index (χ2n) is 24.6. The molecule has 0 aromatic carbocycles. The highest BCUT2D eigenvalue weighted by Gasteiger charge is 2.55. The Kier molecular flexibility index (Phi) is 42.2. The maximum absolute atomic E-state index is 13.8. The maximum atomic E-state index is 13.8. The predicted molar refractivity (Wildman–Crippen MR) is 319 cm³/mol. The summed E-state index contributed by atoms with van der Waals surface area (Å²) in [6, 6.07) is -3.01. The maximum Gasteiger partial charge on any atom is 0.249 e. The van der Waals surface area contributed by atoms with Crippen LogP contribution in [-0.4, -0.2) is 216 Å². The first kappa shape index (κ1) is 77.5. The number of hydrogen-bond donors (Lipinski definition) is 14. The van der Waals surface area contributed by atoms with Gasteiger partial charge >= 0.3 is 0 Å². The first-order chi connectivity index (χ1) is 41.0. The van der Waals surface area contributed by atoms with Gasteiger partial charge in [-0.05, 0) is 12.8 Å². The highest BCUT2D eigenvalue weighted by Crippen LogP contribution is 2.34. The minimum atomic E-state index is -2.03. The van der Waals surface area contributed by atoms with Crippen LogP contribution in [0.5, 0.6) is 0 Å². The van der Waals surface area contributed by atoms with Crippen molar-refractivity contribution < 1.29 is 99.3 Å². The standard InChI is InChI=1S/C63H120N2O20/c1-4-6-8-10-12-14-16-18-19-20-21-22-23-24-25-26-28-30-32-34-36-38-46(71)60(79)65-44(51(72)45(70)37-35-33-31-29-27-17-15-13-11-9-7-5-2)42-80-63-59(85-62-57(78)56(77)53(74)48(40-67)82-62)58(54(75)49(41-68)83-63)84-61-50(64-43(3)69)55(76)52(73)47(39-66)81-61/h44-59,61-63,66-68,70-78H,4-42H2,1-3H3,(H,64,69)(H,65,79)/t44-,45+,46+,47+,48+,49+,50+,51-,52-,53+,54-,55+,56-,57+,58-,59+,61+,62+,63-/m0/s1. The van der Waals surface area contributed by atoms with Crippen molar-refractivity contribution in [2.24, 2.45) is 0 Å². The molecule has 3 saturated heterocycles. The molecule has 22 heteroatoms. The van der Waals surface area contributed by atoms with E-state index in [2.05, 4.69) is 24.5 Å². The SMILES string of the molecule is CCCCCCCCCCCCCCCCCCCCCCC[C@@H](O)C(=O)N[C@@H](CO[C@H]1O[C@H](CO)[C@H](O)[C@H](O[C@H]2O[C@H](CO)[C@H](O)[C@H](O)[C@H]2NC(C)=O)[C@H]1O[C@H]1O[C@H](CO)[C@@H](O)[C@H](O)[C@H]1O)[C@H](O)[C@H](O)CCCCCCCCCCCCCC. The third kappa shape index (κ3) is 29.4. The average molecular weight is 1230 g/mol. The Morgan fingerprint density at radius 3 is 1.22 bits per heavy atom. The van der Waals surface area contributed by atoms with E-state index in [-0.39, 0.29) is 12.8 Å². The Balaban J connectivity index is 1.70. The van der Waals surface area contributed by atoms with Crippen LogP contribution < -0.4 is 10.6 Å². The normalized spacial score (nSPS) is 29.6. The van der Waals surface area contributed by atoms with Crippen molar-refractivity contribution in [2.45, 2.75) is 362 Å². The lowest BCUT2D eigenvalue weighted by molar-refractivity contribution is -0.387.